The molecule has 0 aliphatic rings. The number of hydrogen-bond acceptors (Lipinski definition) is 10. The van der Waals surface area contributed by atoms with E-state index in [-0.39, 0.29) is 51.0 Å². The number of phosphoric acid groups is 1. The van der Waals surface area contributed by atoms with Crippen LogP contribution in [0.1, 0.15) is 88.5 Å². The first-order valence-corrected chi connectivity index (χ1v) is 21.7. The fourth-order valence-corrected chi connectivity index (χ4v) is 7.40. The standard InChI is InChI=1S/C46H60N3O9P/c1-7-39(40-22-25-43(49(29-34(2)3)30-35(4)5)42(27-40)48-46(52)47-41-23-20-36(6)21-24-41)28-45(51)55-33-54-44(50)19-14-26-56-59(53,57-31-37-15-10-8-11-16-37)58-32-38-17-12-9-13-18-38/h8-13,15-18,20-25,27,34-35,39H,7,14,19,26,28-33H2,1-6H3,(H2,47,48,52). The summed E-state index contributed by atoms with van der Waals surface area (Å²) in [5.41, 5.74) is 5.76. The van der Waals surface area contributed by atoms with Crippen LogP contribution < -0.4 is 15.5 Å². The van der Waals surface area contributed by atoms with Crippen molar-refractivity contribution >= 4 is 42.9 Å². The van der Waals surface area contributed by atoms with Crippen molar-refractivity contribution in [3.05, 3.63) is 125 Å². The highest BCUT2D eigenvalue weighted by Crippen LogP contribution is 2.51. The van der Waals surface area contributed by atoms with E-state index in [1.165, 1.54) is 0 Å². The zero-order valence-electron chi connectivity index (χ0n) is 35.2. The van der Waals surface area contributed by atoms with Gasteiger partial charge < -0.3 is 25.0 Å². The summed E-state index contributed by atoms with van der Waals surface area (Å²) in [4.78, 5) is 41.1. The molecule has 1 atom stereocenters. The average Bonchev–Trinajstić information content (AvgIpc) is 3.21. The number of anilines is 3. The van der Waals surface area contributed by atoms with Crippen molar-refractivity contribution < 1.29 is 42.0 Å². The van der Waals surface area contributed by atoms with Crippen molar-refractivity contribution in [2.75, 3.05) is 42.0 Å². The molecule has 0 radical (unpaired) electrons. The number of ether oxygens (including phenoxy) is 2. The molecule has 0 aliphatic heterocycles. The van der Waals surface area contributed by atoms with Gasteiger partial charge in [-0.2, -0.15) is 0 Å². The van der Waals surface area contributed by atoms with Gasteiger partial charge in [0.15, 0.2) is 0 Å². The first-order chi connectivity index (χ1) is 28.3. The van der Waals surface area contributed by atoms with Gasteiger partial charge in [0, 0.05) is 25.2 Å². The normalized spacial score (nSPS) is 11.9. The van der Waals surface area contributed by atoms with E-state index < -0.39 is 26.6 Å². The summed E-state index contributed by atoms with van der Waals surface area (Å²) >= 11 is 0. The molecule has 0 aromatic heterocycles. The third kappa shape index (κ3) is 17.0. The summed E-state index contributed by atoms with van der Waals surface area (Å²) < 4.78 is 40.7. The van der Waals surface area contributed by atoms with Crippen LogP contribution in [0.2, 0.25) is 0 Å². The average molecular weight is 830 g/mol. The molecule has 2 amide bonds. The minimum Gasteiger partial charge on any atom is -0.428 e. The number of aryl methyl sites for hydroxylation is 1. The van der Waals surface area contributed by atoms with Crippen LogP contribution in [0.3, 0.4) is 0 Å². The van der Waals surface area contributed by atoms with Crippen molar-refractivity contribution in [2.24, 2.45) is 11.8 Å². The molecule has 59 heavy (non-hydrogen) atoms. The Morgan fingerprint density at radius 3 is 1.85 bits per heavy atom. The van der Waals surface area contributed by atoms with Crippen LogP contribution in [0.5, 0.6) is 0 Å². The van der Waals surface area contributed by atoms with Crippen LogP contribution in [-0.2, 0) is 50.4 Å². The maximum Gasteiger partial charge on any atom is 0.475 e. The number of carbonyl (C=O) groups excluding carboxylic acids is 3. The van der Waals surface area contributed by atoms with E-state index in [4.69, 9.17) is 23.0 Å². The topological polar surface area (TPSA) is 142 Å². The van der Waals surface area contributed by atoms with Crippen LogP contribution >= 0.6 is 7.82 Å². The van der Waals surface area contributed by atoms with Crippen molar-refractivity contribution in [3.8, 4) is 0 Å². The molecule has 0 bridgehead atoms. The molecule has 2 N–H and O–H groups in total. The van der Waals surface area contributed by atoms with E-state index in [1.54, 1.807) is 0 Å². The minimum atomic E-state index is -3.98. The molecule has 4 aromatic rings. The van der Waals surface area contributed by atoms with Crippen molar-refractivity contribution in [3.63, 3.8) is 0 Å². The maximum atomic E-state index is 13.5. The molecular weight excluding hydrogens is 769 g/mol. The third-order valence-corrected chi connectivity index (χ3v) is 10.5. The highest BCUT2D eigenvalue weighted by molar-refractivity contribution is 7.48. The monoisotopic (exact) mass is 829 g/mol. The van der Waals surface area contributed by atoms with Crippen molar-refractivity contribution in [1.82, 2.24) is 0 Å². The number of amides is 2. The van der Waals surface area contributed by atoms with Gasteiger partial charge in [-0.25, -0.2) is 9.36 Å². The Morgan fingerprint density at radius 2 is 1.29 bits per heavy atom. The minimum absolute atomic E-state index is 0.0173. The van der Waals surface area contributed by atoms with Gasteiger partial charge in [-0.1, -0.05) is 119 Å². The van der Waals surface area contributed by atoms with Gasteiger partial charge in [-0.05, 0) is 78.5 Å². The van der Waals surface area contributed by atoms with Crippen LogP contribution in [0.15, 0.2) is 103 Å². The highest BCUT2D eigenvalue weighted by atomic mass is 31.2. The smallest absolute Gasteiger partial charge is 0.428 e. The second-order valence-corrected chi connectivity index (χ2v) is 16.9. The first-order valence-electron chi connectivity index (χ1n) is 20.3. The van der Waals surface area contributed by atoms with E-state index in [0.29, 0.717) is 29.6 Å². The molecule has 0 spiro atoms. The summed E-state index contributed by atoms with van der Waals surface area (Å²) in [6, 6.07) is 31.6. The van der Waals surface area contributed by atoms with Crippen molar-refractivity contribution in [1.29, 1.82) is 0 Å². The Labute approximate surface area is 349 Å². The molecule has 0 fully saturated rings. The van der Waals surface area contributed by atoms with Gasteiger partial charge >= 0.3 is 25.8 Å². The molecule has 13 heteroatoms. The Morgan fingerprint density at radius 1 is 0.712 bits per heavy atom. The Balaban J connectivity index is 1.30. The number of nitrogens with one attached hydrogen (secondary N) is 2. The molecule has 4 aromatic carbocycles. The van der Waals surface area contributed by atoms with Crippen LogP contribution in [0, 0.1) is 18.8 Å². The van der Waals surface area contributed by atoms with Gasteiger partial charge in [0.1, 0.15) is 0 Å². The molecule has 0 saturated heterocycles. The van der Waals surface area contributed by atoms with E-state index in [9.17, 15) is 18.9 Å². The van der Waals surface area contributed by atoms with Gasteiger partial charge in [-0.3, -0.25) is 23.2 Å². The largest absolute Gasteiger partial charge is 0.475 e. The van der Waals surface area contributed by atoms with Gasteiger partial charge in [-0.15, -0.1) is 0 Å². The zero-order valence-corrected chi connectivity index (χ0v) is 36.1. The number of rotatable bonds is 24. The molecular formula is C46H60N3O9P. The number of benzene rings is 4. The van der Waals surface area contributed by atoms with Crippen LogP contribution in [0.4, 0.5) is 21.9 Å². The fraction of sp³-hybridized carbons (Fsp3) is 0.413. The fourth-order valence-electron chi connectivity index (χ4n) is 6.21. The highest BCUT2D eigenvalue weighted by Gasteiger charge is 2.27. The quantitative estimate of drug-likeness (QED) is 0.0303. The van der Waals surface area contributed by atoms with Crippen LogP contribution in [0.25, 0.3) is 0 Å². The molecule has 1 unspecified atom stereocenters. The summed E-state index contributed by atoms with van der Waals surface area (Å²) in [7, 11) is -3.98. The Hall–Kier alpha value is -5.00. The van der Waals surface area contributed by atoms with E-state index in [0.717, 1.165) is 41.0 Å². The van der Waals surface area contributed by atoms with E-state index >= 15 is 0 Å². The lowest BCUT2D eigenvalue weighted by atomic mass is 9.92. The molecule has 0 aliphatic carbocycles. The Kier molecular flexibility index (Phi) is 19.1. The van der Waals surface area contributed by atoms with Gasteiger partial charge in [0.05, 0.1) is 37.6 Å². The predicted octanol–water partition coefficient (Wildman–Crippen LogP) is 11.0. The zero-order chi connectivity index (χ0) is 42.6. The predicted molar refractivity (Wildman–Crippen MR) is 232 cm³/mol. The Bertz CT molecular complexity index is 1890. The SMILES string of the molecule is CCC(CC(=O)OCOC(=O)CCCOP(=O)(OCc1ccccc1)OCc1ccccc1)c1ccc(N(CC(C)C)CC(C)C)c(NC(=O)Nc2ccc(C)cc2)c1. The molecule has 0 saturated carbocycles. The number of urea groups is 1. The first kappa shape index (κ1) is 46.7. The lowest BCUT2D eigenvalue weighted by Gasteiger charge is -2.31. The van der Waals surface area contributed by atoms with E-state index in [1.807, 2.05) is 117 Å². The van der Waals surface area contributed by atoms with E-state index in [2.05, 4.69) is 43.2 Å². The van der Waals surface area contributed by atoms with Gasteiger partial charge in [0.2, 0.25) is 6.79 Å². The molecule has 4 rings (SSSR count). The molecule has 0 heterocycles. The molecule has 318 valence electrons. The number of esters is 2. The van der Waals surface area contributed by atoms with Crippen molar-refractivity contribution in [2.45, 2.75) is 86.4 Å². The molecule has 12 nitrogen and oxygen atoms in total. The van der Waals surface area contributed by atoms with Gasteiger partial charge in [0.25, 0.3) is 0 Å². The third-order valence-electron chi connectivity index (χ3n) is 9.15. The second kappa shape index (κ2) is 24.2. The summed E-state index contributed by atoms with van der Waals surface area (Å²) in [5, 5.41) is 5.99. The summed E-state index contributed by atoms with van der Waals surface area (Å²) in [6.45, 7) is 13.6. The van der Waals surface area contributed by atoms with Crippen LogP contribution in [-0.4, -0.2) is 44.5 Å². The number of hydrogen-bond donors (Lipinski definition) is 2. The maximum absolute atomic E-state index is 13.5. The lowest BCUT2D eigenvalue weighted by Crippen LogP contribution is -2.32. The second-order valence-electron chi connectivity index (χ2n) is 15.3. The number of carbonyl (C=O) groups is 3. The lowest BCUT2D eigenvalue weighted by molar-refractivity contribution is -0.167. The number of phosphoric ester groups is 1. The summed E-state index contributed by atoms with van der Waals surface area (Å²) in [5.74, 6) is -0.594. The summed E-state index contributed by atoms with van der Waals surface area (Å²) in [6.07, 6.45) is 0.758. The number of nitrogens with zero attached hydrogens (tertiary/aromatic N) is 1.